The molecule has 1 saturated heterocycles. The number of carbonyl (C=O) groups excluding carboxylic acids is 3. The van der Waals surface area contributed by atoms with Crippen molar-refractivity contribution in [2.45, 2.75) is 70.0 Å². The first-order valence-electron chi connectivity index (χ1n) is 16.5. The summed E-state index contributed by atoms with van der Waals surface area (Å²) in [5.41, 5.74) is 2.54. The van der Waals surface area contributed by atoms with Crippen molar-refractivity contribution in [1.29, 1.82) is 0 Å². The highest BCUT2D eigenvalue weighted by atomic mass is 16.6. The van der Waals surface area contributed by atoms with E-state index in [9.17, 15) is 19.5 Å². The van der Waals surface area contributed by atoms with Gasteiger partial charge in [0, 0.05) is 36.0 Å². The van der Waals surface area contributed by atoms with Crippen LogP contribution in [0.2, 0.25) is 0 Å². The normalized spacial score (nSPS) is 24.9. The number of aldehydes is 1. The van der Waals surface area contributed by atoms with E-state index in [1.54, 1.807) is 20.1 Å². The number of carbonyl (C=O) groups is 3. The highest BCUT2D eigenvalue weighted by molar-refractivity contribution is 6.10. The largest absolute Gasteiger partial charge is 0.496 e. The summed E-state index contributed by atoms with van der Waals surface area (Å²) < 4.78 is 24.0. The number of hydrogen-bond acceptors (Lipinski definition) is 10. The van der Waals surface area contributed by atoms with E-state index in [-0.39, 0.29) is 36.1 Å². The van der Waals surface area contributed by atoms with Crippen molar-refractivity contribution in [1.82, 2.24) is 5.32 Å². The van der Waals surface area contributed by atoms with Gasteiger partial charge >= 0.3 is 5.97 Å². The molecule has 10 heteroatoms. The summed E-state index contributed by atoms with van der Waals surface area (Å²) in [5, 5.41) is 17.1. The number of fused-ring (bicyclic) bond motifs is 3. The van der Waals surface area contributed by atoms with Gasteiger partial charge in [-0.25, -0.2) is 4.79 Å². The summed E-state index contributed by atoms with van der Waals surface area (Å²) in [6.07, 6.45) is 5.26. The number of methoxy groups -OCH3 is 1. The Hall–Kier alpha value is -4.28. The van der Waals surface area contributed by atoms with Gasteiger partial charge in [-0.05, 0) is 81.5 Å². The molecular weight excluding hydrogens is 600 g/mol. The third-order valence-corrected chi connectivity index (χ3v) is 10.4. The highest BCUT2D eigenvalue weighted by Gasteiger charge is 2.47. The maximum atomic E-state index is 13.4. The zero-order chi connectivity index (χ0) is 32.9. The Kier molecular flexibility index (Phi) is 8.26. The summed E-state index contributed by atoms with van der Waals surface area (Å²) >= 11 is 0. The van der Waals surface area contributed by atoms with Gasteiger partial charge in [0.1, 0.15) is 34.7 Å². The molecule has 246 valence electrons. The molecule has 2 aromatic rings. The Morgan fingerprint density at radius 3 is 2.72 bits per heavy atom. The lowest BCUT2D eigenvalue weighted by atomic mass is 9.75. The monoisotopic (exact) mass is 640 g/mol. The maximum absolute atomic E-state index is 13.4. The van der Waals surface area contributed by atoms with E-state index in [4.69, 9.17) is 18.9 Å². The topological polar surface area (TPSA) is 133 Å². The van der Waals surface area contributed by atoms with Crippen molar-refractivity contribution >= 4 is 29.7 Å². The Labute approximate surface area is 273 Å². The Morgan fingerprint density at radius 1 is 1.17 bits per heavy atom. The molecule has 1 aliphatic carbocycles. The fourth-order valence-electron chi connectivity index (χ4n) is 7.89. The van der Waals surface area contributed by atoms with Gasteiger partial charge in [-0.2, -0.15) is 0 Å². The number of ketones is 1. The van der Waals surface area contributed by atoms with Crippen LogP contribution < -0.4 is 30.1 Å². The van der Waals surface area contributed by atoms with Gasteiger partial charge in [0.2, 0.25) is 5.76 Å². The highest BCUT2D eigenvalue weighted by Crippen LogP contribution is 2.54. The molecule has 0 amide bonds. The molecule has 0 radical (unpaired) electrons. The second-order valence-electron chi connectivity index (χ2n) is 13.1. The van der Waals surface area contributed by atoms with Crippen molar-refractivity contribution < 1.29 is 38.4 Å². The average molecular weight is 641 g/mol. The van der Waals surface area contributed by atoms with Crippen LogP contribution in [0.3, 0.4) is 0 Å². The Bertz CT molecular complexity index is 1850. The van der Waals surface area contributed by atoms with E-state index in [2.05, 4.69) is 10.3 Å². The van der Waals surface area contributed by atoms with Gasteiger partial charge in [-0.3, -0.25) is 14.6 Å². The van der Waals surface area contributed by atoms with Crippen molar-refractivity contribution in [3.8, 4) is 17.2 Å². The molecule has 47 heavy (non-hydrogen) atoms. The standard InChI is InChI=1S/C37H40N2O8/c1-4-45-36(42)35-26(19-40)32(22-6-8-28(41)24(16-22)20-5-7-27-21(15-20)9-14-39-27)33-30(47-35)18-29-25(34(33)44-3)17-31(46-29)37(2,43)23-10-12-38-13-11-23/h5,7,9,15,18-19,23-24,31,38,43H,4,6,8,10-14,16-17H2,1-3H3. The molecule has 1 saturated carbocycles. The average Bonchev–Trinajstić information content (AvgIpc) is 3.74. The smallest absolute Gasteiger partial charge is 0.375 e. The fraction of sp³-hybridized carbons (Fsp3) is 0.459. The molecule has 5 aliphatic rings. The molecule has 2 aromatic carbocycles. The molecule has 4 aliphatic heterocycles. The van der Waals surface area contributed by atoms with Gasteiger partial charge in [0.05, 0.1) is 36.8 Å². The lowest BCUT2D eigenvalue weighted by Crippen LogP contribution is -2.51. The van der Waals surface area contributed by atoms with E-state index < -0.39 is 23.6 Å². The van der Waals surface area contributed by atoms with Crippen molar-refractivity contribution in [3.63, 3.8) is 0 Å². The molecule has 7 rings (SSSR count). The van der Waals surface area contributed by atoms with Crippen LogP contribution in [0, 0.1) is 5.92 Å². The summed E-state index contributed by atoms with van der Waals surface area (Å²) in [4.78, 5) is 44.0. The lowest BCUT2D eigenvalue weighted by Gasteiger charge is -2.39. The van der Waals surface area contributed by atoms with Crippen molar-refractivity contribution in [2.75, 3.05) is 33.4 Å². The van der Waals surface area contributed by atoms with Gasteiger partial charge < -0.3 is 29.4 Å². The van der Waals surface area contributed by atoms with Crippen LogP contribution in [-0.4, -0.2) is 68.2 Å². The van der Waals surface area contributed by atoms with Crippen molar-refractivity contribution in [2.24, 2.45) is 10.9 Å². The second kappa shape index (κ2) is 12.4. The number of nitrogens with one attached hydrogen (secondary N) is 1. The summed E-state index contributed by atoms with van der Waals surface area (Å²) in [6, 6.07) is 7.65. The molecule has 2 fully saturated rings. The van der Waals surface area contributed by atoms with Gasteiger partial charge in [0.15, 0.2) is 6.29 Å². The van der Waals surface area contributed by atoms with E-state index in [0.717, 1.165) is 53.2 Å². The van der Waals surface area contributed by atoms with Crippen LogP contribution >= 0.6 is 0 Å². The number of allylic oxidation sites excluding steroid dienone is 3. The number of aliphatic hydroxyl groups is 1. The quantitative estimate of drug-likeness (QED) is 0.346. The fourth-order valence-corrected chi connectivity index (χ4v) is 7.89. The summed E-state index contributed by atoms with van der Waals surface area (Å²) in [5.74, 6) is 0.0373. The second-order valence-corrected chi connectivity index (χ2v) is 13.1. The minimum atomic E-state index is -1.10. The number of rotatable bonds is 7. The minimum Gasteiger partial charge on any atom is -0.496 e. The zero-order valence-corrected chi connectivity index (χ0v) is 27.0. The molecule has 10 nitrogen and oxygen atoms in total. The first-order chi connectivity index (χ1) is 22.7. The first-order valence-corrected chi connectivity index (χ1v) is 16.5. The van der Waals surface area contributed by atoms with Gasteiger partial charge in [-0.1, -0.05) is 17.7 Å². The first kappa shape index (κ1) is 31.3. The number of hydrogen-bond donors (Lipinski definition) is 2. The molecule has 3 atom stereocenters. The molecular formula is C37H40N2O8. The van der Waals surface area contributed by atoms with Crippen LogP contribution in [0.25, 0.3) is 11.6 Å². The van der Waals surface area contributed by atoms with Crippen molar-refractivity contribution in [3.05, 3.63) is 68.4 Å². The van der Waals surface area contributed by atoms with Crippen LogP contribution in [0.4, 0.5) is 0 Å². The predicted molar refractivity (Wildman–Crippen MR) is 173 cm³/mol. The number of benzene rings is 2. The number of piperidine rings is 1. The molecule has 0 aromatic heterocycles. The molecule has 0 spiro atoms. The predicted octanol–water partition coefficient (Wildman–Crippen LogP) is 2.86. The third-order valence-electron chi connectivity index (χ3n) is 10.4. The SMILES string of the molecule is CCOC(=O)C1=C(C=O)C(=C2CCC(=O)C(c3ccc4c(c3)=CCN=4)C2)c2c(cc3c(c2OC)CC(C(C)(O)C2CCNCC2)O3)O1. The number of ether oxygens (including phenoxy) is 4. The summed E-state index contributed by atoms with van der Waals surface area (Å²) in [6.45, 7) is 5.91. The van der Waals surface area contributed by atoms with E-state index in [0.29, 0.717) is 60.5 Å². The van der Waals surface area contributed by atoms with E-state index >= 15 is 0 Å². The van der Waals surface area contributed by atoms with Crippen LogP contribution in [0.5, 0.6) is 17.2 Å². The molecule has 3 unspecified atom stereocenters. The lowest BCUT2D eigenvalue weighted by molar-refractivity contribution is -0.141. The third kappa shape index (κ3) is 5.37. The number of esters is 1. The van der Waals surface area contributed by atoms with Crippen LogP contribution in [-0.2, 0) is 25.5 Å². The van der Waals surface area contributed by atoms with Gasteiger partial charge in [-0.15, -0.1) is 0 Å². The molecule has 0 bridgehead atoms. The molecule has 4 heterocycles. The summed E-state index contributed by atoms with van der Waals surface area (Å²) in [7, 11) is 1.56. The molecule has 2 N–H and O–H groups in total. The van der Waals surface area contributed by atoms with E-state index in [1.807, 2.05) is 31.2 Å². The van der Waals surface area contributed by atoms with Gasteiger partial charge in [0.25, 0.3) is 0 Å². The van der Waals surface area contributed by atoms with Crippen LogP contribution in [0.15, 0.2) is 46.2 Å². The Morgan fingerprint density at radius 2 is 1.98 bits per heavy atom. The Balaban J connectivity index is 1.36. The number of nitrogens with zero attached hydrogens (tertiary/aromatic N) is 1. The minimum absolute atomic E-state index is 0.0542. The maximum Gasteiger partial charge on any atom is 0.375 e. The van der Waals surface area contributed by atoms with E-state index in [1.165, 1.54) is 0 Å². The zero-order valence-electron chi connectivity index (χ0n) is 27.0. The van der Waals surface area contributed by atoms with Crippen LogP contribution in [0.1, 0.15) is 68.6 Å². The number of Topliss-reactive ketones (excluding diaryl/α,β-unsaturated/α-hetero) is 1.